The van der Waals surface area contributed by atoms with Crippen LogP contribution < -0.4 is 0 Å². The summed E-state index contributed by atoms with van der Waals surface area (Å²) in [6.45, 7) is 3.01. The molecule has 14 heavy (non-hydrogen) atoms. The highest BCUT2D eigenvalue weighted by atomic mass is 79.9. The number of hydrogen-bond acceptors (Lipinski definition) is 3. The second-order valence-electron chi connectivity index (χ2n) is 3.10. The van der Waals surface area contributed by atoms with Crippen LogP contribution >= 0.6 is 15.9 Å². The molecule has 0 aromatic rings. The van der Waals surface area contributed by atoms with Crippen LogP contribution in [-0.2, 0) is 14.3 Å². The highest BCUT2D eigenvalue weighted by Crippen LogP contribution is 2.23. The second kappa shape index (κ2) is 6.19. The van der Waals surface area contributed by atoms with Crippen LogP contribution in [-0.4, -0.2) is 30.1 Å². The molecule has 1 aliphatic rings. The maximum absolute atomic E-state index is 10.9. The number of esters is 1. The number of hydrogen-bond donors (Lipinski definition) is 0. The van der Waals surface area contributed by atoms with Gasteiger partial charge in [-0.05, 0) is 19.8 Å². The highest BCUT2D eigenvalue weighted by molar-refractivity contribution is 9.09. The normalized spacial score (nSPS) is 27.0. The fourth-order valence-electron chi connectivity index (χ4n) is 1.33. The van der Waals surface area contributed by atoms with Crippen molar-refractivity contribution in [1.29, 1.82) is 0 Å². The van der Waals surface area contributed by atoms with E-state index in [4.69, 9.17) is 9.47 Å². The summed E-state index contributed by atoms with van der Waals surface area (Å²) in [4.78, 5) is 11.3. The van der Waals surface area contributed by atoms with Gasteiger partial charge < -0.3 is 9.47 Å². The number of ether oxygens (including phenoxy) is 2. The molecule has 4 heteroatoms. The van der Waals surface area contributed by atoms with Crippen molar-refractivity contribution in [3.63, 3.8) is 0 Å². The van der Waals surface area contributed by atoms with Crippen molar-refractivity contribution in [2.75, 3.05) is 13.2 Å². The molecule has 0 aromatic heterocycles. The molecule has 1 aliphatic heterocycles. The molecule has 80 valence electrons. The van der Waals surface area contributed by atoms with E-state index in [1.54, 1.807) is 6.92 Å². The zero-order valence-electron chi connectivity index (χ0n) is 8.24. The fraction of sp³-hybridized carbons (Fsp3) is 0.700. The molecule has 0 radical (unpaired) electrons. The summed E-state index contributed by atoms with van der Waals surface area (Å²) in [6, 6.07) is 0. The van der Waals surface area contributed by atoms with Crippen molar-refractivity contribution >= 4 is 21.9 Å². The summed E-state index contributed by atoms with van der Waals surface area (Å²) < 4.78 is 10.2. The number of carbonyl (C=O) groups is 1. The largest absolute Gasteiger partial charge is 0.463 e. The van der Waals surface area contributed by atoms with E-state index < -0.39 is 0 Å². The Morgan fingerprint density at radius 1 is 1.71 bits per heavy atom. The Morgan fingerprint density at radius 2 is 2.50 bits per heavy atom. The molecule has 3 nitrogen and oxygen atoms in total. The van der Waals surface area contributed by atoms with E-state index in [0.29, 0.717) is 11.4 Å². The first-order valence-corrected chi connectivity index (χ1v) is 5.74. The first kappa shape index (κ1) is 11.7. The van der Waals surface area contributed by atoms with Crippen molar-refractivity contribution in [2.45, 2.75) is 30.7 Å². The molecule has 1 saturated heterocycles. The third-order valence-corrected chi connectivity index (χ3v) is 3.09. The van der Waals surface area contributed by atoms with Gasteiger partial charge in [0.05, 0.1) is 12.7 Å². The maximum Gasteiger partial charge on any atom is 0.330 e. The molecule has 0 aliphatic carbocycles. The lowest BCUT2D eigenvalue weighted by Gasteiger charge is -2.09. The Morgan fingerprint density at radius 3 is 3.07 bits per heavy atom. The van der Waals surface area contributed by atoms with Crippen LogP contribution in [0.15, 0.2) is 12.2 Å². The lowest BCUT2D eigenvalue weighted by atomic mass is 10.2. The first-order chi connectivity index (χ1) is 6.74. The van der Waals surface area contributed by atoms with E-state index in [1.807, 2.05) is 6.08 Å². The molecule has 0 saturated carbocycles. The fourth-order valence-corrected chi connectivity index (χ4v) is 1.88. The monoisotopic (exact) mass is 262 g/mol. The molecule has 0 spiro atoms. The molecule has 0 bridgehead atoms. The van der Waals surface area contributed by atoms with E-state index >= 15 is 0 Å². The molecule has 0 aromatic carbocycles. The molecule has 0 N–H and O–H groups in total. The van der Waals surface area contributed by atoms with Gasteiger partial charge >= 0.3 is 5.97 Å². The molecule has 1 rings (SSSR count). The number of carbonyl (C=O) groups excluding carboxylic acids is 1. The van der Waals surface area contributed by atoms with Gasteiger partial charge in [0.1, 0.15) is 0 Å². The van der Waals surface area contributed by atoms with Crippen molar-refractivity contribution in [1.82, 2.24) is 0 Å². The first-order valence-electron chi connectivity index (χ1n) is 4.83. The summed E-state index contributed by atoms with van der Waals surface area (Å²) in [5, 5.41) is 0. The summed E-state index contributed by atoms with van der Waals surface area (Å²) in [7, 11) is 0. The average molecular weight is 263 g/mol. The zero-order chi connectivity index (χ0) is 10.4. The molecule has 1 heterocycles. The van der Waals surface area contributed by atoms with Crippen LogP contribution in [0.1, 0.15) is 19.8 Å². The number of rotatable bonds is 4. The van der Waals surface area contributed by atoms with Gasteiger partial charge in [0.25, 0.3) is 0 Å². The highest BCUT2D eigenvalue weighted by Gasteiger charge is 2.24. The quantitative estimate of drug-likeness (QED) is 0.442. The van der Waals surface area contributed by atoms with E-state index in [0.717, 1.165) is 19.4 Å². The van der Waals surface area contributed by atoms with E-state index in [9.17, 15) is 4.79 Å². The predicted molar refractivity (Wildman–Crippen MR) is 57.5 cm³/mol. The van der Waals surface area contributed by atoms with Gasteiger partial charge in [-0.15, -0.1) is 0 Å². The topological polar surface area (TPSA) is 35.5 Å². The van der Waals surface area contributed by atoms with Gasteiger partial charge in [0, 0.05) is 17.5 Å². The standard InChI is InChI=1S/C10H15BrO3/c1-2-13-10(12)5-3-4-9-8(11)6-7-14-9/h3,5,8-9H,2,4,6-7H2,1H3/b5-3+/t8-,9+/m0/s1. The van der Waals surface area contributed by atoms with Crippen molar-refractivity contribution in [3.8, 4) is 0 Å². The van der Waals surface area contributed by atoms with Gasteiger partial charge in [0.15, 0.2) is 0 Å². The maximum atomic E-state index is 10.9. The van der Waals surface area contributed by atoms with Crippen LogP contribution in [0.4, 0.5) is 0 Å². The number of alkyl halides is 1. The lowest BCUT2D eigenvalue weighted by Crippen LogP contribution is -2.14. The van der Waals surface area contributed by atoms with Crippen LogP contribution in [0.2, 0.25) is 0 Å². The van der Waals surface area contributed by atoms with E-state index in [-0.39, 0.29) is 12.1 Å². The smallest absolute Gasteiger partial charge is 0.330 e. The molecule has 0 amide bonds. The number of halogens is 1. The molecule has 1 fully saturated rings. The van der Waals surface area contributed by atoms with Crippen molar-refractivity contribution in [3.05, 3.63) is 12.2 Å². The van der Waals surface area contributed by atoms with E-state index in [1.165, 1.54) is 6.08 Å². The third-order valence-electron chi connectivity index (χ3n) is 2.04. The Labute approximate surface area is 92.6 Å². The van der Waals surface area contributed by atoms with Crippen molar-refractivity contribution in [2.24, 2.45) is 0 Å². The summed E-state index contributed by atoms with van der Waals surface area (Å²) in [6.07, 6.45) is 5.26. The van der Waals surface area contributed by atoms with Crippen LogP contribution in [0, 0.1) is 0 Å². The average Bonchev–Trinajstić information content (AvgIpc) is 2.52. The third kappa shape index (κ3) is 3.80. The van der Waals surface area contributed by atoms with Crippen LogP contribution in [0.25, 0.3) is 0 Å². The van der Waals surface area contributed by atoms with Gasteiger partial charge in [-0.2, -0.15) is 0 Å². The Kier molecular flexibility index (Phi) is 5.19. The molecule has 2 atom stereocenters. The molecule has 0 unspecified atom stereocenters. The van der Waals surface area contributed by atoms with Crippen LogP contribution in [0.5, 0.6) is 0 Å². The lowest BCUT2D eigenvalue weighted by molar-refractivity contribution is -0.137. The SMILES string of the molecule is CCOC(=O)/C=C/C[C@H]1OCC[C@@H]1Br. The minimum atomic E-state index is -0.281. The van der Waals surface area contributed by atoms with Gasteiger partial charge in [-0.25, -0.2) is 4.79 Å². The summed E-state index contributed by atoms with van der Waals surface area (Å²) in [5.41, 5.74) is 0. The predicted octanol–water partition coefficient (Wildman–Crippen LogP) is 2.05. The molecular weight excluding hydrogens is 248 g/mol. The molecular formula is C10H15BrO3. The second-order valence-corrected chi connectivity index (χ2v) is 4.28. The Hall–Kier alpha value is -0.350. The Balaban J connectivity index is 2.22. The summed E-state index contributed by atoms with van der Waals surface area (Å²) >= 11 is 3.53. The zero-order valence-corrected chi connectivity index (χ0v) is 9.83. The minimum absolute atomic E-state index is 0.195. The van der Waals surface area contributed by atoms with Crippen molar-refractivity contribution < 1.29 is 14.3 Å². The van der Waals surface area contributed by atoms with Gasteiger partial charge in [-0.1, -0.05) is 22.0 Å². The van der Waals surface area contributed by atoms with Crippen LogP contribution in [0.3, 0.4) is 0 Å². The minimum Gasteiger partial charge on any atom is -0.463 e. The van der Waals surface area contributed by atoms with Gasteiger partial charge in [0.2, 0.25) is 0 Å². The van der Waals surface area contributed by atoms with E-state index in [2.05, 4.69) is 15.9 Å². The van der Waals surface area contributed by atoms with Gasteiger partial charge in [-0.3, -0.25) is 0 Å². The summed E-state index contributed by atoms with van der Waals surface area (Å²) in [5.74, 6) is -0.281. The Bertz CT molecular complexity index is 215.